The van der Waals surface area contributed by atoms with Gasteiger partial charge in [0.15, 0.2) is 5.58 Å². The number of urea groups is 1. The molecular weight excluding hydrogens is 336 g/mol. The number of anilines is 1. The van der Waals surface area contributed by atoms with Gasteiger partial charge < -0.3 is 23.9 Å². The van der Waals surface area contributed by atoms with Gasteiger partial charge in [-0.2, -0.15) is 4.98 Å². The third-order valence-corrected chi connectivity index (χ3v) is 4.61. The lowest BCUT2D eigenvalue weighted by molar-refractivity contribution is 0.0602. The normalized spacial score (nSPS) is 20.3. The molecule has 0 N–H and O–H groups in total. The molecule has 26 heavy (non-hydrogen) atoms. The molecule has 1 fully saturated rings. The maximum Gasteiger partial charge on any atom is 0.340 e. The molecule has 0 bridgehead atoms. The maximum absolute atomic E-state index is 12.3. The van der Waals surface area contributed by atoms with Crippen molar-refractivity contribution < 1.29 is 18.7 Å². The summed E-state index contributed by atoms with van der Waals surface area (Å²) < 4.78 is 10.7. The summed E-state index contributed by atoms with van der Waals surface area (Å²) in [4.78, 5) is 34.2. The average molecular weight is 360 g/mol. The number of benzene rings is 1. The molecule has 3 rings (SSSR count). The summed E-state index contributed by atoms with van der Waals surface area (Å²) in [6, 6.07) is 5.68. The number of ether oxygens (including phenoxy) is 1. The highest BCUT2D eigenvalue weighted by molar-refractivity contribution is 6.01. The smallest absolute Gasteiger partial charge is 0.340 e. The van der Waals surface area contributed by atoms with Crippen molar-refractivity contribution in [1.29, 1.82) is 0 Å². The van der Waals surface area contributed by atoms with E-state index in [1.54, 1.807) is 37.2 Å². The predicted molar refractivity (Wildman–Crippen MR) is 97.4 cm³/mol. The number of para-hydroxylation sites is 1. The largest absolute Gasteiger partial charge is 0.465 e. The van der Waals surface area contributed by atoms with Gasteiger partial charge in [-0.25, -0.2) is 9.59 Å². The van der Waals surface area contributed by atoms with E-state index in [0.717, 1.165) is 0 Å². The summed E-state index contributed by atoms with van der Waals surface area (Å²) >= 11 is 0. The van der Waals surface area contributed by atoms with Crippen LogP contribution >= 0.6 is 0 Å². The minimum atomic E-state index is -0.446. The van der Waals surface area contributed by atoms with Crippen molar-refractivity contribution in [2.75, 3.05) is 39.2 Å². The number of amides is 2. The molecule has 1 aromatic heterocycles. The van der Waals surface area contributed by atoms with Crippen LogP contribution in [0.15, 0.2) is 22.6 Å². The van der Waals surface area contributed by atoms with Crippen LogP contribution in [-0.4, -0.2) is 73.2 Å². The van der Waals surface area contributed by atoms with Gasteiger partial charge in [0.05, 0.1) is 12.7 Å². The highest BCUT2D eigenvalue weighted by Gasteiger charge is 2.35. The number of carbonyl (C=O) groups is 2. The van der Waals surface area contributed by atoms with E-state index in [2.05, 4.69) is 9.88 Å². The second-order valence-electron chi connectivity index (χ2n) is 6.83. The Morgan fingerprint density at radius 2 is 1.88 bits per heavy atom. The third kappa shape index (κ3) is 3.07. The van der Waals surface area contributed by atoms with Gasteiger partial charge in [0.2, 0.25) is 0 Å². The fourth-order valence-corrected chi connectivity index (χ4v) is 3.46. The van der Waals surface area contributed by atoms with Crippen molar-refractivity contribution in [2.24, 2.45) is 0 Å². The van der Waals surface area contributed by atoms with Crippen LogP contribution < -0.4 is 4.90 Å². The first-order valence-electron chi connectivity index (χ1n) is 8.56. The van der Waals surface area contributed by atoms with Gasteiger partial charge >= 0.3 is 12.0 Å². The number of rotatable bonds is 2. The Morgan fingerprint density at radius 3 is 2.46 bits per heavy atom. The van der Waals surface area contributed by atoms with Crippen LogP contribution in [0.3, 0.4) is 0 Å². The van der Waals surface area contributed by atoms with Crippen molar-refractivity contribution in [3.63, 3.8) is 0 Å². The van der Waals surface area contributed by atoms with E-state index in [0.29, 0.717) is 35.8 Å². The van der Waals surface area contributed by atoms with E-state index >= 15 is 0 Å². The highest BCUT2D eigenvalue weighted by Crippen LogP contribution is 2.29. The molecule has 2 amide bonds. The number of hydrogen-bond donors (Lipinski definition) is 0. The number of piperazine rings is 1. The van der Waals surface area contributed by atoms with Crippen molar-refractivity contribution in [3.8, 4) is 0 Å². The standard InChI is InChI=1S/C18H24N4O4/c1-11-9-21(18(24)20(3)4)10-12(2)22(11)17-19-15-13(16(23)25-5)7-6-8-14(15)26-17/h6-8,11-12H,9-10H2,1-5H3. The Bertz CT molecular complexity index is 820. The quantitative estimate of drug-likeness (QED) is 0.764. The van der Waals surface area contributed by atoms with Crippen LogP contribution in [0.4, 0.5) is 10.8 Å². The minimum absolute atomic E-state index is 0.00565. The van der Waals surface area contributed by atoms with Gasteiger partial charge in [-0.05, 0) is 26.0 Å². The summed E-state index contributed by atoms with van der Waals surface area (Å²) in [6.07, 6.45) is 0. The second-order valence-corrected chi connectivity index (χ2v) is 6.83. The van der Waals surface area contributed by atoms with Gasteiger partial charge in [0.1, 0.15) is 5.52 Å². The SMILES string of the molecule is COC(=O)c1cccc2oc(N3C(C)CN(C(=O)N(C)C)CC3C)nc12. The van der Waals surface area contributed by atoms with Crippen molar-refractivity contribution in [1.82, 2.24) is 14.8 Å². The molecular formula is C18H24N4O4. The molecule has 1 aliphatic heterocycles. The summed E-state index contributed by atoms with van der Waals surface area (Å²) in [5, 5.41) is 0. The second kappa shape index (κ2) is 6.86. The van der Waals surface area contributed by atoms with Crippen LogP contribution in [0.5, 0.6) is 0 Å². The molecule has 8 heteroatoms. The highest BCUT2D eigenvalue weighted by atomic mass is 16.5. The van der Waals surface area contributed by atoms with Crippen molar-refractivity contribution in [3.05, 3.63) is 23.8 Å². The number of fused-ring (bicyclic) bond motifs is 1. The van der Waals surface area contributed by atoms with E-state index < -0.39 is 5.97 Å². The number of nitrogens with zero attached hydrogens (tertiary/aromatic N) is 4. The molecule has 0 saturated carbocycles. The van der Waals surface area contributed by atoms with Gasteiger partial charge in [0, 0.05) is 39.3 Å². The number of hydrogen-bond acceptors (Lipinski definition) is 6. The average Bonchev–Trinajstić information content (AvgIpc) is 3.02. The van der Waals surface area contributed by atoms with Gasteiger partial charge in [0.25, 0.3) is 6.01 Å². The van der Waals surface area contributed by atoms with Crippen molar-refractivity contribution in [2.45, 2.75) is 25.9 Å². The first kappa shape index (κ1) is 18.0. The molecule has 0 aliphatic carbocycles. The first-order valence-corrected chi connectivity index (χ1v) is 8.56. The van der Waals surface area contributed by atoms with Crippen LogP contribution in [0, 0.1) is 0 Å². The molecule has 140 valence electrons. The van der Waals surface area contributed by atoms with Gasteiger partial charge in [-0.3, -0.25) is 0 Å². The molecule has 1 saturated heterocycles. The Kier molecular flexibility index (Phi) is 4.76. The maximum atomic E-state index is 12.3. The van der Waals surface area contributed by atoms with E-state index in [1.165, 1.54) is 7.11 Å². The van der Waals surface area contributed by atoms with Crippen LogP contribution in [0.2, 0.25) is 0 Å². The van der Waals surface area contributed by atoms with E-state index in [1.807, 2.05) is 18.7 Å². The molecule has 1 aromatic carbocycles. The van der Waals surface area contributed by atoms with Gasteiger partial charge in [-0.15, -0.1) is 0 Å². The Hall–Kier alpha value is -2.77. The predicted octanol–water partition coefficient (Wildman–Crippen LogP) is 2.20. The minimum Gasteiger partial charge on any atom is -0.465 e. The van der Waals surface area contributed by atoms with E-state index in [9.17, 15) is 9.59 Å². The molecule has 8 nitrogen and oxygen atoms in total. The first-order chi connectivity index (χ1) is 12.3. The lowest BCUT2D eigenvalue weighted by Crippen LogP contribution is -2.59. The van der Waals surface area contributed by atoms with Crippen LogP contribution in [0.1, 0.15) is 24.2 Å². The van der Waals surface area contributed by atoms with E-state index in [4.69, 9.17) is 9.15 Å². The number of aromatic nitrogens is 1. The zero-order valence-corrected chi connectivity index (χ0v) is 15.7. The van der Waals surface area contributed by atoms with Crippen molar-refractivity contribution >= 4 is 29.1 Å². The Balaban J connectivity index is 1.92. The Labute approximate surface area is 152 Å². The van der Waals surface area contributed by atoms with E-state index in [-0.39, 0.29) is 18.1 Å². The fraction of sp³-hybridized carbons (Fsp3) is 0.500. The zero-order valence-electron chi connectivity index (χ0n) is 15.7. The lowest BCUT2D eigenvalue weighted by atomic mass is 10.1. The topological polar surface area (TPSA) is 79.1 Å². The molecule has 0 spiro atoms. The molecule has 1 aliphatic rings. The van der Waals surface area contributed by atoms with Gasteiger partial charge in [-0.1, -0.05) is 6.07 Å². The molecule has 2 atom stereocenters. The summed E-state index contributed by atoms with van der Waals surface area (Å²) in [7, 11) is 4.84. The summed E-state index contributed by atoms with van der Waals surface area (Å²) in [5.41, 5.74) is 1.40. The lowest BCUT2D eigenvalue weighted by Gasteiger charge is -2.44. The molecule has 2 aromatic rings. The third-order valence-electron chi connectivity index (χ3n) is 4.61. The number of carbonyl (C=O) groups excluding carboxylic acids is 2. The number of methoxy groups -OCH3 is 1. The van der Waals surface area contributed by atoms with Crippen LogP contribution in [0.25, 0.3) is 11.1 Å². The number of esters is 1. The molecule has 2 heterocycles. The molecule has 2 unspecified atom stereocenters. The Morgan fingerprint density at radius 1 is 1.23 bits per heavy atom. The van der Waals surface area contributed by atoms with Crippen LogP contribution in [-0.2, 0) is 4.74 Å². The fourth-order valence-electron chi connectivity index (χ4n) is 3.46. The summed E-state index contributed by atoms with van der Waals surface area (Å²) in [5.74, 6) is -0.446. The monoisotopic (exact) mass is 360 g/mol. The summed E-state index contributed by atoms with van der Waals surface area (Å²) in [6.45, 7) is 5.21. The number of oxazole rings is 1. The zero-order chi connectivity index (χ0) is 19.0. The molecule has 0 radical (unpaired) electrons.